The van der Waals surface area contributed by atoms with Gasteiger partial charge in [-0.05, 0) is 48.2 Å². The molecule has 1 N–H and O–H groups in total. The molecule has 1 aliphatic rings. The summed E-state index contributed by atoms with van der Waals surface area (Å²) in [6.45, 7) is 0.625. The van der Waals surface area contributed by atoms with E-state index in [1.165, 1.54) is 0 Å². The van der Waals surface area contributed by atoms with Crippen LogP contribution in [0, 0.1) is 0 Å². The number of aromatic nitrogens is 1. The number of urea groups is 1. The Morgan fingerprint density at radius 1 is 1.00 bits per heavy atom. The molecule has 1 aromatic heterocycles. The van der Waals surface area contributed by atoms with Gasteiger partial charge >= 0.3 is 6.03 Å². The topological polar surface area (TPSA) is 80.1 Å². The van der Waals surface area contributed by atoms with Crippen LogP contribution in [-0.2, 0) is 0 Å². The molecule has 1 saturated heterocycles. The smallest absolute Gasteiger partial charge is 0.322 e. The predicted octanol–water partition coefficient (Wildman–Crippen LogP) is 5.95. The Morgan fingerprint density at radius 2 is 1.69 bits per heavy atom. The van der Waals surface area contributed by atoms with E-state index >= 15 is 0 Å². The Balaban J connectivity index is 1.37. The Hall–Kier alpha value is -4.20. The summed E-state index contributed by atoms with van der Waals surface area (Å²) < 4.78 is 16.7. The number of methoxy groups -OCH3 is 2. The second-order valence-corrected chi connectivity index (χ2v) is 9.06. The number of hydrogen-bond donors (Lipinski definition) is 1. The van der Waals surface area contributed by atoms with Gasteiger partial charge in [-0.15, -0.1) is 0 Å². The van der Waals surface area contributed by atoms with Crippen LogP contribution in [0.2, 0.25) is 0 Å². The number of benzene rings is 3. The molecule has 2 amide bonds. The van der Waals surface area contributed by atoms with Gasteiger partial charge in [-0.1, -0.05) is 18.2 Å². The molecule has 2 heterocycles. The number of rotatable bonds is 6. The molecule has 5 rings (SSSR count). The number of ether oxygens (including phenoxy) is 2. The molecular formula is C28H30N4O4. The van der Waals surface area contributed by atoms with E-state index in [-0.39, 0.29) is 12.1 Å². The largest absolute Gasteiger partial charge is 0.497 e. The fraction of sp³-hybridized carbons (Fsp3) is 0.286. The first-order chi connectivity index (χ1) is 17.4. The molecule has 1 aliphatic heterocycles. The zero-order valence-electron chi connectivity index (χ0n) is 20.9. The molecule has 0 radical (unpaired) electrons. The van der Waals surface area contributed by atoms with Crippen molar-refractivity contribution >= 4 is 28.5 Å². The van der Waals surface area contributed by atoms with Crippen LogP contribution < -0.4 is 19.7 Å². The number of oxazole rings is 1. The lowest BCUT2D eigenvalue weighted by atomic mass is 10.0. The summed E-state index contributed by atoms with van der Waals surface area (Å²) in [6.07, 6.45) is 1.67. The number of fused-ring (bicyclic) bond motifs is 1. The molecule has 0 bridgehead atoms. The van der Waals surface area contributed by atoms with E-state index in [1.807, 2.05) is 32.3 Å². The molecule has 4 aromatic rings. The van der Waals surface area contributed by atoms with Crippen LogP contribution in [0.25, 0.3) is 22.2 Å². The summed E-state index contributed by atoms with van der Waals surface area (Å²) in [5.41, 5.74) is 5.43. The summed E-state index contributed by atoms with van der Waals surface area (Å²) in [4.78, 5) is 21.8. The molecule has 0 saturated carbocycles. The first-order valence-electron chi connectivity index (χ1n) is 11.9. The van der Waals surface area contributed by atoms with E-state index in [2.05, 4.69) is 34.5 Å². The first kappa shape index (κ1) is 23.5. The third-order valence-electron chi connectivity index (χ3n) is 6.52. The van der Waals surface area contributed by atoms with Gasteiger partial charge in [0, 0.05) is 50.2 Å². The number of anilines is 2. The fourth-order valence-electron chi connectivity index (χ4n) is 4.56. The molecule has 1 atom stereocenters. The second-order valence-electron chi connectivity index (χ2n) is 9.06. The van der Waals surface area contributed by atoms with Crippen molar-refractivity contribution in [1.29, 1.82) is 0 Å². The van der Waals surface area contributed by atoms with Gasteiger partial charge in [0.2, 0.25) is 5.89 Å². The quantitative estimate of drug-likeness (QED) is 0.363. The standard InChI is InChI=1S/C28H30N4O4/c1-31(2)21-10-7-18(8-11-21)19-9-12-26-24(14-19)30-27(36-26)25-6-5-13-32(25)28(33)29-20-15-22(34-3)17-23(16-20)35-4/h7-12,14-17,25H,5-6,13H2,1-4H3,(H,29,33)/t25-/m1/s1. The highest BCUT2D eigenvalue weighted by molar-refractivity contribution is 5.90. The van der Waals surface area contributed by atoms with Crippen molar-refractivity contribution in [3.8, 4) is 22.6 Å². The van der Waals surface area contributed by atoms with Crippen LogP contribution >= 0.6 is 0 Å². The van der Waals surface area contributed by atoms with Crippen LogP contribution in [0.1, 0.15) is 24.8 Å². The maximum atomic E-state index is 13.2. The van der Waals surface area contributed by atoms with E-state index in [1.54, 1.807) is 37.3 Å². The normalized spacial score (nSPS) is 15.2. The van der Waals surface area contributed by atoms with E-state index < -0.39 is 0 Å². The van der Waals surface area contributed by atoms with Gasteiger partial charge in [0.15, 0.2) is 5.58 Å². The van der Waals surface area contributed by atoms with Gasteiger partial charge < -0.3 is 29.0 Å². The van der Waals surface area contributed by atoms with Crippen molar-refractivity contribution in [3.05, 3.63) is 66.6 Å². The molecular weight excluding hydrogens is 456 g/mol. The fourth-order valence-corrected chi connectivity index (χ4v) is 4.56. The monoisotopic (exact) mass is 486 g/mol. The number of amides is 2. The van der Waals surface area contributed by atoms with Gasteiger partial charge in [-0.25, -0.2) is 9.78 Å². The molecule has 3 aromatic carbocycles. The van der Waals surface area contributed by atoms with E-state index in [9.17, 15) is 4.79 Å². The Kier molecular flexibility index (Phi) is 6.41. The molecule has 0 spiro atoms. The molecule has 8 nitrogen and oxygen atoms in total. The molecule has 0 unspecified atom stereocenters. The molecule has 8 heteroatoms. The van der Waals surface area contributed by atoms with E-state index in [4.69, 9.17) is 18.9 Å². The first-order valence-corrected chi connectivity index (χ1v) is 11.9. The molecule has 1 fully saturated rings. The van der Waals surface area contributed by atoms with Crippen LogP contribution in [0.15, 0.2) is 65.1 Å². The summed E-state index contributed by atoms with van der Waals surface area (Å²) in [5, 5.41) is 2.96. The number of likely N-dealkylation sites (tertiary alicyclic amines) is 1. The Labute approximate surface area is 210 Å². The van der Waals surface area contributed by atoms with Gasteiger partial charge in [-0.3, -0.25) is 0 Å². The zero-order valence-corrected chi connectivity index (χ0v) is 20.9. The number of nitrogens with zero attached hydrogens (tertiary/aromatic N) is 3. The third kappa shape index (κ3) is 4.66. The number of hydrogen-bond acceptors (Lipinski definition) is 6. The molecule has 0 aliphatic carbocycles. The number of nitrogens with one attached hydrogen (secondary N) is 1. The minimum absolute atomic E-state index is 0.211. The van der Waals surface area contributed by atoms with E-state index in [0.717, 1.165) is 35.2 Å². The van der Waals surface area contributed by atoms with Crippen molar-refractivity contribution < 1.29 is 18.7 Å². The van der Waals surface area contributed by atoms with Gasteiger partial charge in [-0.2, -0.15) is 0 Å². The van der Waals surface area contributed by atoms with Gasteiger partial charge in [0.05, 0.1) is 14.2 Å². The predicted molar refractivity (Wildman–Crippen MR) is 141 cm³/mol. The highest BCUT2D eigenvalue weighted by atomic mass is 16.5. The van der Waals surface area contributed by atoms with Gasteiger partial charge in [0.1, 0.15) is 23.1 Å². The Bertz CT molecular complexity index is 1360. The van der Waals surface area contributed by atoms with Crippen molar-refractivity contribution in [2.75, 3.05) is 45.1 Å². The lowest BCUT2D eigenvalue weighted by molar-refractivity contribution is 0.199. The number of carbonyl (C=O) groups excluding carboxylic acids is 1. The average molecular weight is 487 g/mol. The van der Waals surface area contributed by atoms with Crippen molar-refractivity contribution in [2.24, 2.45) is 0 Å². The SMILES string of the molecule is COc1cc(NC(=O)N2CCC[C@@H]2c2nc3cc(-c4ccc(N(C)C)cc4)ccc3o2)cc(OC)c1. The lowest BCUT2D eigenvalue weighted by Gasteiger charge is -2.23. The highest BCUT2D eigenvalue weighted by Gasteiger charge is 2.34. The minimum Gasteiger partial charge on any atom is -0.497 e. The number of carbonyl (C=O) groups is 1. The van der Waals surface area contributed by atoms with Crippen LogP contribution in [-0.4, -0.2) is 50.8 Å². The average Bonchev–Trinajstić information content (AvgIpc) is 3.55. The van der Waals surface area contributed by atoms with Gasteiger partial charge in [0.25, 0.3) is 0 Å². The van der Waals surface area contributed by atoms with Crippen LogP contribution in [0.3, 0.4) is 0 Å². The summed E-state index contributed by atoms with van der Waals surface area (Å²) in [6, 6.07) is 19.3. The van der Waals surface area contributed by atoms with E-state index in [0.29, 0.717) is 35.2 Å². The minimum atomic E-state index is -0.229. The van der Waals surface area contributed by atoms with Crippen LogP contribution in [0.5, 0.6) is 11.5 Å². The highest BCUT2D eigenvalue weighted by Crippen LogP contribution is 2.35. The summed E-state index contributed by atoms with van der Waals surface area (Å²) in [7, 11) is 7.21. The zero-order chi connectivity index (χ0) is 25.2. The van der Waals surface area contributed by atoms with Crippen molar-refractivity contribution in [3.63, 3.8) is 0 Å². The van der Waals surface area contributed by atoms with Crippen LogP contribution in [0.4, 0.5) is 16.2 Å². The maximum Gasteiger partial charge on any atom is 0.322 e. The molecule has 186 valence electrons. The lowest BCUT2D eigenvalue weighted by Crippen LogP contribution is -2.34. The maximum absolute atomic E-state index is 13.2. The van der Waals surface area contributed by atoms with Crippen molar-refractivity contribution in [2.45, 2.75) is 18.9 Å². The molecule has 36 heavy (non-hydrogen) atoms. The summed E-state index contributed by atoms with van der Waals surface area (Å²) >= 11 is 0. The van der Waals surface area contributed by atoms with Crippen molar-refractivity contribution in [1.82, 2.24) is 9.88 Å². The third-order valence-corrected chi connectivity index (χ3v) is 6.52. The Morgan fingerprint density at radius 3 is 2.36 bits per heavy atom. The summed E-state index contributed by atoms with van der Waals surface area (Å²) in [5.74, 6) is 1.77. The second kappa shape index (κ2) is 9.81.